The van der Waals surface area contributed by atoms with E-state index in [2.05, 4.69) is 5.32 Å². The highest BCUT2D eigenvalue weighted by molar-refractivity contribution is 6.10. The molecular weight excluding hydrogens is 414 g/mol. The highest BCUT2D eigenvalue weighted by Crippen LogP contribution is 2.50. The first-order chi connectivity index (χ1) is 15.3. The third-order valence-electron chi connectivity index (χ3n) is 6.14. The van der Waals surface area contributed by atoms with E-state index >= 15 is 0 Å². The van der Waals surface area contributed by atoms with Crippen LogP contribution in [0.15, 0.2) is 54.6 Å². The first kappa shape index (κ1) is 21.2. The topological polar surface area (TPSA) is 148 Å². The number of likely N-dealkylation sites (tertiary alicyclic amines) is 1. The number of carboxylic acid groups (broad SMARTS) is 2. The Kier molecular flexibility index (Phi) is 5.24. The number of hydrogen-bond acceptors (Lipinski definition) is 6. The van der Waals surface area contributed by atoms with Crippen LogP contribution in [0, 0.1) is 23.2 Å². The molecule has 0 bridgehead atoms. The first-order valence-corrected chi connectivity index (χ1v) is 9.90. The minimum atomic E-state index is -2.15. The van der Waals surface area contributed by atoms with Gasteiger partial charge in [0.2, 0.25) is 11.8 Å². The molecule has 2 fully saturated rings. The van der Waals surface area contributed by atoms with Gasteiger partial charge in [-0.1, -0.05) is 42.5 Å². The van der Waals surface area contributed by atoms with E-state index in [1.165, 1.54) is 12.1 Å². The normalized spacial score (nSPS) is 26.6. The second-order valence-corrected chi connectivity index (χ2v) is 7.95. The average molecular weight is 433 g/mol. The number of carboxylic acids is 2. The minimum Gasteiger partial charge on any atom is -0.481 e. The highest BCUT2D eigenvalue weighted by Gasteiger charge is 2.69. The highest BCUT2D eigenvalue weighted by atomic mass is 16.4. The van der Waals surface area contributed by atoms with Crippen molar-refractivity contribution in [3.63, 3.8) is 0 Å². The molecule has 2 saturated heterocycles. The third kappa shape index (κ3) is 3.31. The molecular formula is C23H19N3O6. The number of nitrogens with one attached hydrogen (secondary N) is 1. The van der Waals surface area contributed by atoms with E-state index in [0.717, 1.165) is 4.90 Å². The summed E-state index contributed by atoms with van der Waals surface area (Å²) in [5.41, 5.74) is -0.586. The number of benzene rings is 2. The summed E-state index contributed by atoms with van der Waals surface area (Å²) in [6.07, 6.45) is -0.867. The Bertz CT molecular complexity index is 1140. The molecule has 3 N–H and O–H groups in total. The second kappa shape index (κ2) is 7.90. The molecule has 0 spiro atoms. The molecule has 0 aromatic heterocycles. The molecule has 9 nitrogen and oxygen atoms in total. The summed E-state index contributed by atoms with van der Waals surface area (Å²) in [4.78, 5) is 51.7. The molecule has 9 heteroatoms. The van der Waals surface area contributed by atoms with Crippen molar-refractivity contribution in [1.29, 1.82) is 5.26 Å². The standard InChI is InChI=1S/C23H19N3O6/c24-11-13-6-8-15(9-7-13)19-17-18(23(25-19,22(31)32)10-16(27)28)21(30)26(20(17)29)12-14-4-2-1-3-5-14/h1-9,17-19,25H,10,12H2,(H,27,28)(H,31,32). The van der Waals surface area contributed by atoms with Crippen molar-refractivity contribution in [2.24, 2.45) is 11.8 Å². The fraction of sp³-hybridized carbons (Fsp3) is 0.261. The maximum Gasteiger partial charge on any atom is 0.325 e. The molecule has 2 amide bonds. The third-order valence-corrected chi connectivity index (χ3v) is 6.14. The summed E-state index contributed by atoms with van der Waals surface area (Å²) in [7, 11) is 0. The number of carbonyl (C=O) groups is 4. The number of hydrogen-bond donors (Lipinski definition) is 3. The predicted molar refractivity (Wildman–Crippen MR) is 109 cm³/mol. The van der Waals surface area contributed by atoms with Crippen molar-refractivity contribution in [1.82, 2.24) is 10.2 Å². The number of imide groups is 1. The van der Waals surface area contributed by atoms with Gasteiger partial charge in [-0.05, 0) is 23.3 Å². The number of aliphatic carboxylic acids is 2. The maximum absolute atomic E-state index is 13.4. The van der Waals surface area contributed by atoms with Crippen LogP contribution in [0.2, 0.25) is 0 Å². The van der Waals surface area contributed by atoms with Gasteiger partial charge in [0.25, 0.3) is 0 Å². The smallest absolute Gasteiger partial charge is 0.325 e. The summed E-state index contributed by atoms with van der Waals surface area (Å²) in [5.74, 6) is -6.65. The van der Waals surface area contributed by atoms with Crippen LogP contribution in [0.1, 0.15) is 29.2 Å². The Hall–Kier alpha value is -4.03. The van der Waals surface area contributed by atoms with Crippen LogP contribution in [0.5, 0.6) is 0 Å². The Morgan fingerprint density at radius 2 is 1.69 bits per heavy atom. The summed E-state index contributed by atoms with van der Waals surface area (Å²) < 4.78 is 0. The molecule has 0 aliphatic carbocycles. The number of nitriles is 1. The van der Waals surface area contributed by atoms with Gasteiger partial charge in [0.1, 0.15) is 5.54 Å². The molecule has 2 aromatic carbocycles. The molecule has 2 aromatic rings. The Morgan fingerprint density at radius 1 is 1.03 bits per heavy atom. The van der Waals surface area contributed by atoms with Gasteiger partial charge in [0.15, 0.2) is 0 Å². The van der Waals surface area contributed by atoms with E-state index in [1.807, 2.05) is 6.07 Å². The van der Waals surface area contributed by atoms with E-state index in [0.29, 0.717) is 16.7 Å². The van der Waals surface area contributed by atoms with Gasteiger partial charge in [0.05, 0.1) is 36.4 Å². The van der Waals surface area contributed by atoms with Crippen molar-refractivity contribution in [3.05, 3.63) is 71.3 Å². The number of nitrogens with zero attached hydrogens (tertiary/aromatic N) is 2. The number of rotatable bonds is 6. The van der Waals surface area contributed by atoms with E-state index < -0.39 is 53.6 Å². The van der Waals surface area contributed by atoms with Crippen LogP contribution in [0.4, 0.5) is 0 Å². The second-order valence-electron chi connectivity index (χ2n) is 7.95. The fourth-order valence-electron chi connectivity index (χ4n) is 4.71. The molecule has 0 saturated carbocycles. The van der Waals surface area contributed by atoms with E-state index in [-0.39, 0.29) is 6.54 Å². The summed E-state index contributed by atoms with van der Waals surface area (Å²) in [6, 6.07) is 16.1. The summed E-state index contributed by atoms with van der Waals surface area (Å²) in [6.45, 7) is -0.0334. The van der Waals surface area contributed by atoms with Crippen molar-refractivity contribution in [2.45, 2.75) is 24.5 Å². The van der Waals surface area contributed by atoms with Crippen LogP contribution in [0.25, 0.3) is 0 Å². The van der Waals surface area contributed by atoms with E-state index in [1.54, 1.807) is 42.5 Å². The lowest BCUT2D eigenvalue weighted by Crippen LogP contribution is -2.56. The van der Waals surface area contributed by atoms with E-state index in [4.69, 9.17) is 5.26 Å². The first-order valence-electron chi connectivity index (χ1n) is 9.90. The fourth-order valence-corrected chi connectivity index (χ4v) is 4.71. The number of amides is 2. The van der Waals surface area contributed by atoms with E-state index in [9.17, 15) is 29.4 Å². The van der Waals surface area contributed by atoms with Crippen LogP contribution in [0.3, 0.4) is 0 Å². The average Bonchev–Trinajstić information content (AvgIpc) is 3.24. The molecule has 32 heavy (non-hydrogen) atoms. The molecule has 4 rings (SSSR count). The van der Waals surface area contributed by atoms with Gasteiger partial charge in [-0.15, -0.1) is 0 Å². The Morgan fingerprint density at radius 3 is 2.25 bits per heavy atom. The zero-order valence-electron chi connectivity index (χ0n) is 16.8. The van der Waals surface area contributed by atoms with Crippen LogP contribution in [-0.4, -0.2) is 44.4 Å². The van der Waals surface area contributed by atoms with Crippen molar-refractivity contribution in [2.75, 3.05) is 0 Å². The lowest BCUT2D eigenvalue weighted by atomic mass is 9.77. The molecule has 162 valence electrons. The molecule has 0 radical (unpaired) electrons. The van der Waals surface area contributed by atoms with Gasteiger partial charge in [-0.2, -0.15) is 5.26 Å². The van der Waals surface area contributed by atoms with Crippen molar-refractivity contribution in [3.8, 4) is 6.07 Å². The van der Waals surface area contributed by atoms with Crippen LogP contribution >= 0.6 is 0 Å². The zero-order chi connectivity index (χ0) is 23.0. The van der Waals surface area contributed by atoms with Crippen LogP contribution in [-0.2, 0) is 25.7 Å². The van der Waals surface area contributed by atoms with Crippen LogP contribution < -0.4 is 5.32 Å². The molecule has 4 unspecified atom stereocenters. The van der Waals surface area contributed by atoms with Gasteiger partial charge < -0.3 is 10.2 Å². The monoisotopic (exact) mass is 433 g/mol. The maximum atomic E-state index is 13.4. The van der Waals surface area contributed by atoms with Crippen molar-refractivity contribution < 1.29 is 29.4 Å². The number of carbonyl (C=O) groups excluding carboxylic acids is 2. The summed E-state index contributed by atoms with van der Waals surface area (Å²) >= 11 is 0. The van der Waals surface area contributed by atoms with Gasteiger partial charge in [-0.25, -0.2) is 0 Å². The Balaban J connectivity index is 1.80. The van der Waals surface area contributed by atoms with Gasteiger partial charge in [-0.3, -0.25) is 29.4 Å². The molecule has 2 aliphatic heterocycles. The molecule has 2 aliphatic rings. The zero-order valence-corrected chi connectivity index (χ0v) is 16.8. The Labute approximate surface area is 182 Å². The van der Waals surface area contributed by atoms with Crippen molar-refractivity contribution >= 4 is 23.8 Å². The quantitative estimate of drug-likeness (QED) is 0.578. The van der Waals surface area contributed by atoms with Gasteiger partial charge in [0, 0.05) is 6.04 Å². The lowest BCUT2D eigenvalue weighted by molar-refractivity contribution is -0.156. The SMILES string of the molecule is N#Cc1ccc(C2NC(CC(=O)O)(C(=O)O)C3C(=O)N(Cc4ccccc4)C(=O)C23)cc1. The predicted octanol–water partition coefficient (Wildman–Crippen LogP) is 1.30. The van der Waals surface area contributed by atoms with Gasteiger partial charge >= 0.3 is 11.9 Å². The summed E-state index contributed by atoms with van der Waals surface area (Å²) in [5, 5.41) is 31.3. The number of fused-ring (bicyclic) bond motifs is 1. The molecule has 2 heterocycles. The minimum absolute atomic E-state index is 0.0334. The lowest BCUT2D eigenvalue weighted by Gasteiger charge is -2.29. The molecule has 4 atom stereocenters. The largest absolute Gasteiger partial charge is 0.481 e.